The van der Waals surface area contributed by atoms with Gasteiger partial charge in [-0.05, 0) is 69.9 Å². The van der Waals surface area contributed by atoms with Crippen LogP contribution >= 0.6 is 0 Å². The van der Waals surface area contributed by atoms with Crippen molar-refractivity contribution in [2.24, 2.45) is 0 Å². The summed E-state index contributed by atoms with van der Waals surface area (Å²) in [5.74, 6) is 0.282. The molecule has 2 rings (SSSR count). The van der Waals surface area contributed by atoms with Crippen molar-refractivity contribution in [2.45, 2.75) is 66.1 Å². The molecule has 5 nitrogen and oxygen atoms in total. The lowest BCUT2D eigenvalue weighted by atomic mass is 10.0. The molecule has 1 unspecified atom stereocenters. The summed E-state index contributed by atoms with van der Waals surface area (Å²) in [6, 6.07) is 14.9. The number of nitrogens with one attached hydrogen (secondary N) is 1. The van der Waals surface area contributed by atoms with E-state index in [4.69, 9.17) is 4.74 Å². The van der Waals surface area contributed by atoms with Gasteiger partial charge in [-0.15, -0.1) is 0 Å². The van der Waals surface area contributed by atoms with E-state index in [9.17, 15) is 9.59 Å². The van der Waals surface area contributed by atoms with Crippen molar-refractivity contribution in [3.8, 4) is 5.75 Å². The molecule has 0 bridgehead atoms. The predicted molar refractivity (Wildman–Crippen MR) is 120 cm³/mol. The number of hydrogen-bond acceptors (Lipinski definition) is 3. The number of benzene rings is 2. The van der Waals surface area contributed by atoms with Gasteiger partial charge >= 0.3 is 0 Å². The van der Waals surface area contributed by atoms with E-state index in [0.29, 0.717) is 18.7 Å². The Bertz CT molecular complexity index is 871. The first kappa shape index (κ1) is 23.5. The van der Waals surface area contributed by atoms with Crippen LogP contribution in [-0.2, 0) is 16.1 Å². The summed E-state index contributed by atoms with van der Waals surface area (Å²) in [5.41, 5.74) is 2.79. The molecule has 0 radical (unpaired) electrons. The maximum absolute atomic E-state index is 13.2. The highest BCUT2D eigenvalue weighted by molar-refractivity contribution is 5.88. The standard InChI is InChI=1S/C25H34N2O3/c1-7-22(24(29)26-25(4,5)6)27(16-20-13-9-8-12-19(20)3)23(28)17-30-21-14-10-11-18(2)15-21/h8-15,22H,7,16-17H2,1-6H3,(H,26,29). The van der Waals surface area contributed by atoms with E-state index in [2.05, 4.69) is 5.32 Å². The van der Waals surface area contributed by atoms with E-state index in [0.717, 1.165) is 16.7 Å². The number of ether oxygens (including phenoxy) is 1. The summed E-state index contributed by atoms with van der Waals surface area (Å²) in [5, 5.41) is 3.01. The molecular weight excluding hydrogens is 376 g/mol. The Morgan fingerprint density at radius 1 is 1.07 bits per heavy atom. The van der Waals surface area contributed by atoms with Crippen molar-refractivity contribution in [3.05, 3.63) is 65.2 Å². The van der Waals surface area contributed by atoms with Gasteiger partial charge in [-0.3, -0.25) is 9.59 Å². The molecule has 0 aliphatic rings. The van der Waals surface area contributed by atoms with E-state index < -0.39 is 6.04 Å². The Hall–Kier alpha value is -2.82. The van der Waals surface area contributed by atoms with Gasteiger partial charge in [0.15, 0.2) is 6.61 Å². The molecule has 5 heteroatoms. The van der Waals surface area contributed by atoms with Gasteiger partial charge in [-0.25, -0.2) is 0 Å². The first-order valence-corrected chi connectivity index (χ1v) is 10.5. The predicted octanol–water partition coefficient (Wildman–Crippen LogP) is 4.40. The number of aryl methyl sites for hydroxylation is 2. The molecule has 0 aromatic heterocycles. The Morgan fingerprint density at radius 2 is 1.77 bits per heavy atom. The molecule has 30 heavy (non-hydrogen) atoms. The number of carbonyl (C=O) groups excluding carboxylic acids is 2. The van der Waals surface area contributed by atoms with Crippen LogP contribution in [0.15, 0.2) is 48.5 Å². The van der Waals surface area contributed by atoms with Gasteiger partial charge in [-0.2, -0.15) is 0 Å². The first-order valence-electron chi connectivity index (χ1n) is 10.5. The minimum Gasteiger partial charge on any atom is -0.484 e. The Balaban J connectivity index is 2.25. The fourth-order valence-corrected chi connectivity index (χ4v) is 3.28. The maximum Gasteiger partial charge on any atom is 0.261 e. The maximum atomic E-state index is 13.2. The lowest BCUT2D eigenvalue weighted by Gasteiger charge is -2.33. The molecule has 0 aliphatic heterocycles. The minimum atomic E-state index is -0.572. The van der Waals surface area contributed by atoms with Gasteiger partial charge in [0.25, 0.3) is 5.91 Å². The molecule has 0 aliphatic carbocycles. The second-order valence-corrected chi connectivity index (χ2v) is 8.72. The number of nitrogens with zero attached hydrogens (tertiary/aromatic N) is 1. The largest absolute Gasteiger partial charge is 0.484 e. The van der Waals surface area contributed by atoms with Crippen LogP contribution in [0.25, 0.3) is 0 Å². The highest BCUT2D eigenvalue weighted by Gasteiger charge is 2.31. The first-order chi connectivity index (χ1) is 14.1. The van der Waals surface area contributed by atoms with E-state index in [1.807, 2.05) is 90.1 Å². The van der Waals surface area contributed by atoms with Crippen molar-refractivity contribution in [1.29, 1.82) is 0 Å². The zero-order valence-corrected chi connectivity index (χ0v) is 19.0. The third kappa shape index (κ3) is 6.90. The quantitative estimate of drug-likeness (QED) is 0.701. The summed E-state index contributed by atoms with van der Waals surface area (Å²) in [4.78, 5) is 27.8. The molecule has 0 spiro atoms. The summed E-state index contributed by atoms with van der Waals surface area (Å²) >= 11 is 0. The van der Waals surface area contributed by atoms with E-state index in [-0.39, 0.29) is 24.0 Å². The molecule has 0 saturated carbocycles. The summed E-state index contributed by atoms with van der Waals surface area (Å²) in [6.45, 7) is 12.0. The van der Waals surface area contributed by atoms with Crippen molar-refractivity contribution >= 4 is 11.8 Å². The molecule has 2 amide bonds. The summed E-state index contributed by atoms with van der Waals surface area (Å²) in [7, 11) is 0. The summed E-state index contributed by atoms with van der Waals surface area (Å²) < 4.78 is 5.75. The Morgan fingerprint density at radius 3 is 2.37 bits per heavy atom. The van der Waals surface area contributed by atoms with Crippen LogP contribution in [0.5, 0.6) is 5.75 Å². The van der Waals surface area contributed by atoms with Crippen molar-refractivity contribution < 1.29 is 14.3 Å². The average molecular weight is 411 g/mol. The average Bonchev–Trinajstić information content (AvgIpc) is 2.66. The number of rotatable bonds is 8. The molecule has 0 saturated heterocycles. The zero-order chi connectivity index (χ0) is 22.3. The summed E-state index contributed by atoms with van der Waals surface area (Å²) in [6.07, 6.45) is 0.518. The SMILES string of the molecule is CCC(C(=O)NC(C)(C)C)N(Cc1ccccc1C)C(=O)COc1cccc(C)c1. The second kappa shape index (κ2) is 10.3. The van der Waals surface area contributed by atoms with Crippen LogP contribution in [0.1, 0.15) is 50.8 Å². The van der Waals surface area contributed by atoms with Crippen LogP contribution in [0.4, 0.5) is 0 Å². The Labute approximate surface area is 180 Å². The van der Waals surface area contributed by atoms with Crippen LogP contribution in [0, 0.1) is 13.8 Å². The van der Waals surface area contributed by atoms with Crippen LogP contribution in [0.2, 0.25) is 0 Å². The zero-order valence-electron chi connectivity index (χ0n) is 19.0. The number of amides is 2. The van der Waals surface area contributed by atoms with E-state index in [1.165, 1.54) is 0 Å². The Kier molecular flexibility index (Phi) is 8.04. The molecule has 162 valence electrons. The van der Waals surface area contributed by atoms with E-state index >= 15 is 0 Å². The highest BCUT2D eigenvalue weighted by Crippen LogP contribution is 2.18. The van der Waals surface area contributed by atoms with E-state index in [1.54, 1.807) is 4.90 Å². The van der Waals surface area contributed by atoms with Gasteiger partial charge < -0.3 is 15.0 Å². The highest BCUT2D eigenvalue weighted by atomic mass is 16.5. The van der Waals surface area contributed by atoms with Crippen molar-refractivity contribution in [1.82, 2.24) is 10.2 Å². The van der Waals surface area contributed by atoms with Crippen LogP contribution < -0.4 is 10.1 Å². The lowest BCUT2D eigenvalue weighted by Crippen LogP contribution is -2.54. The fraction of sp³-hybridized carbons (Fsp3) is 0.440. The molecule has 2 aromatic carbocycles. The second-order valence-electron chi connectivity index (χ2n) is 8.72. The third-order valence-corrected chi connectivity index (χ3v) is 4.84. The van der Waals surface area contributed by atoms with Gasteiger partial charge in [-0.1, -0.05) is 43.3 Å². The number of hydrogen-bond donors (Lipinski definition) is 1. The van der Waals surface area contributed by atoms with Gasteiger partial charge in [0.2, 0.25) is 5.91 Å². The van der Waals surface area contributed by atoms with Gasteiger partial charge in [0.1, 0.15) is 11.8 Å². The molecule has 2 aromatic rings. The van der Waals surface area contributed by atoms with Crippen molar-refractivity contribution in [3.63, 3.8) is 0 Å². The molecule has 1 atom stereocenters. The molecule has 1 N–H and O–H groups in total. The fourth-order valence-electron chi connectivity index (χ4n) is 3.28. The normalized spacial score (nSPS) is 12.2. The number of carbonyl (C=O) groups is 2. The lowest BCUT2D eigenvalue weighted by molar-refractivity contribution is -0.143. The monoisotopic (exact) mass is 410 g/mol. The minimum absolute atomic E-state index is 0.116. The molecule has 0 fully saturated rings. The van der Waals surface area contributed by atoms with Crippen LogP contribution in [0.3, 0.4) is 0 Å². The smallest absolute Gasteiger partial charge is 0.261 e. The van der Waals surface area contributed by atoms with Crippen LogP contribution in [-0.4, -0.2) is 34.9 Å². The van der Waals surface area contributed by atoms with Gasteiger partial charge in [0.05, 0.1) is 0 Å². The van der Waals surface area contributed by atoms with Gasteiger partial charge in [0, 0.05) is 12.1 Å². The molecular formula is C25H34N2O3. The van der Waals surface area contributed by atoms with Crippen molar-refractivity contribution in [2.75, 3.05) is 6.61 Å². The molecule has 0 heterocycles. The third-order valence-electron chi connectivity index (χ3n) is 4.84. The topological polar surface area (TPSA) is 58.6 Å².